The molecular formula is C7H17N2. The first-order valence-electron chi connectivity index (χ1n) is 3.48. The van der Waals surface area contributed by atoms with E-state index in [0.29, 0.717) is 5.92 Å². The standard InChI is InChI=1S/C7H17N2/c1-5-9(8-4)6-7(2)3/h7-8H,4-6H2,1-3H3. The fraction of sp³-hybridized carbons (Fsp3) is 0.857. The van der Waals surface area contributed by atoms with Crippen molar-refractivity contribution in [3.8, 4) is 0 Å². The molecule has 0 aromatic carbocycles. The predicted molar refractivity (Wildman–Crippen MR) is 40.6 cm³/mol. The highest BCUT2D eigenvalue weighted by Crippen LogP contribution is 1.93. The minimum absolute atomic E-state index is 0.708. The van der Waals surface area contributed by atoms with Gasteiger partial charge in [0.05, 0.1) is 0 Å². The second-order valence-electron chi connectivity index (χ2n) is 2.59. The first kappa shape index (κ1) is 8.92. The topological polar surface area (TPSA) is 15.3 Å². The van der Waals surface area contributed by atoms with E-state index < -0.39 is 0 Å². The van der Waals surface area contributed by atoms with Crippen LogP contribution in [0.15, 0.2) is 0 Å². The van der Waals surface area contributed by atoms with E-state index in [1.54, 1.807) is 0 Å². The Morgan fingerprint density at radius 1 is 1.56 bits per heavy atom. The third-order valence-electron chi connectivity index (χ3n) is 1.19. The van der Waals surface area contributed by atoms with E-state index >= 15 is 0 Å². The largest absolute Gasteiger partial charge is 0.254 e. The lowest BCUT2D eigenvalue weighted by Gasteiger charge is -2.20. The van der Waals surface area contributed by atoms with Gasteiger partial charge in [-0.3, -0.25) is 5.43 Å². The van der Waals surface area contributed by atoms with Crippen LogP contribution in [0.4, 0.5) is 0 Å². The van der Waals surface area contributed by atoms with E-state index in [1.165, 1.54) is 0 Å². The summed E-state index contributed by atoms with van der Waals surface area (Å²) in [5.41, 5.74) is 2.87. The predicted octanol–water partition coefficient (Wildman–Crippen LogP) is 1.26. The average molecular weight is 129 g/mol. The Hall–Kier alpha value is -0.0800. The molecule has 0 unspecified atom stereocenters. The quantitative estimate of drug-likeness (QED) is 0.575. The lowest BCUT2D eigenvalue weighted by molar-refractivity contribution is 0.205. The van der Waals surface area contributed by atoms with Crippen molar-refractivity contribution in [2.45, 2.75) is 20.8 Å². The Balaban J connectivity index is 3.31. The molecule has 2 nitrogen and oxygen atoms in total. The molecule has 0 atom stereocenters. The van der Waals surface area contributed by atoms with Crippen molar-refractivity contribution in [3.05, 3.63) is 7.05 Å². The van der Waals surface area contributed by atoms with E-state index in [9.17, 15) is 0 Å². The molecule has 0 bridgehead atoms. The molecule has 0 aliphatic heterocycles. The van der Waals surface area contributed by atoms with Crippen LogP contribution in [0.2, 0.25) is 0 Å². The molecule has 0 rings (SSSR count). The lowest BCUT2D eigenvalue weighted by Crippen LogP contribution is -2.36. The fourth-order valence-electron chi connectivity index (χ4n) is 0.746. The Labute approximate surface area is 58.2 Å². The number of nitrogens with one attached hydrogen (secondary N) is 1. The molecule has 0 aromatic rings. The highest BCUT2D eigenvalue weighted by atomic mass is 15.5. The van der Waals surface area contributed by atoms with Crippen LogP contribution in [0, 0.1) is 13.0 Å². The molecule has 1 radical (unpaired) electrons. The molecule has 0 aliphatic rings. The summed E-state index contributed by atoms with van der Waals surface area (Å²) in [6.07, 6.45) is 0. The van der Waals surface area contributed by atoms with Gasteiger partial charge >= 0.3 is 0 Å². The fourth-order valence-corrected chi connectivity index (χ4v) is 0.746. The van der Waals surface area contributed by atoms with Crippen LogP contribution in [0.25, 0.3) is 0 Å². The molecule has 0 aliphatic carbocycles. The first-order chi connectivity index (χ1) is 4.20. The minimum Gasteiger partial charge on any atom is -0.254 e. The van der Waals surface area contributed by atoms with Crippen LogP contribution in [-0.2, 0) is 0 Å². The van der Waals surface area contributed by atoms with E-state index in [4.69, 9.17) is 0 Å². The second-order valence-corrected chi connectivity index (χ2v) is 2.59. The molecule has 0 heterocycles. The van der Waals surface area contributed by atoms with Gasteiger partial charge in [0, 0.05) is 20.1 Å². The van der Waals surface area contributed by atoms with Crippen LogP contribution < -0.4 is 5.43 Å². The summed E-state index contributed by atoms with van der Waals surface area (Å²) in [7, 11) is 3.59. The third-order valence-corrected chi connectivity index (χ3v) is 1.19. The van der Waals surface area contributed by atoms with Gasteiger partial charge in [0.15, 0.2) is 0 Å². The van der Waals surface area contributed by atoms with Crippen LogP contribution in [0.1, 0.15) is 20.8 Å². The average Bonchev–Trinajstić information content (AvgIpc) is 1.82. The molecule has 0 aromatic heterocycles. The van der Waals surface area contributed by atoms with Crippen molar-refractivity contribution >= 4 is 0 Å². The number of hydrogen-bond donors (Lipinski definition) is 1. The van der Waals surface area contributed by atoms with E-state index in [1.807, 2.05) is 0 Å². The minimum atomic E-state index is 0.708. The van der Waals surface area contributed by atoms with E-state index in [-0.39, 0.29) is 0 Å². The zero-order valence-corrected chi connectivity index (χ0v) is 6.65. The molecule has 55 valence electrons. The highest BCUT2D eigenvalue weighted by molar-refractivity contribution is 4.51. The molecule has 0 amide bonds. The molecule has 0 saturated carbocycles. The summed E-state index contributed by atoms with van der Waals surface area (Å²) in [6, 6.07) is 0. The summed E-state index contributed by atoms with van der Waals surface area (Å²) >= 11 is 0. The van der Waals surface area contributed by atoms with Gasteiger partial charge < -0.3 is 0 Å². The van der Waals surface area contributed by atoms with Crippen LogP contribution in [0.3, 0.4) is 0 Å². The maximum absolute atomic E-state index is 3.59. The van der Waals surface area contributed by atoms with Gasteiger partial charge in [-0.2, -0.15) is 0 Å². The summed E-state index contributed by atoms with van der Waals surface area (Å²) in [5, 5.41) is 2.09. The van der Waals surface area contributed by atoms with Crippen molar-refractivity contribution in [1.29, 1.82) is 0 Å². The third kappa shape index (κ3) is 4.43. The lowest BCUT2D eigenvalue weighted by atomic mass is 10.2. The van der Waals surface area contributed by atoms with Gasteiger partial charge in [-0.15, -0.1) is 0 Å². The van der Waals surface area contributed by atoms with Crippen LogP contribution in [-0.4, -0.2) is 18.1 Å². The molecule has 9 heavy (non-hydrogen) atoms. The molecule has 1 N–H and O–H groups in total. The number of rotatable bonds is 4. The highest BCUT2D eigenvalue weighted by Gasteiger charge is 1.99. The van der Waals surface area contributed by atoms with Gasteiger partial charge in [-0.1, -0.05) is 20.8 Å². The molecule has 2 heteroatoms. The van der Waals surface area contributed by atoms with Crippen molar-refractivity contribution in [3.63, 3.8) is 0 Å². The monoisotopic (exact) mass is 129 g/mol. The van der Waals surface area contributed by atoms with Crippen LogP contribution >= 0.6 is 0 Å². The van der Waals surface area contributed by atoms with Gasteiger partial charge in [0.25, 0.3) is 0 Å². The van der Waals surface area contributed by atoms with Gasteiger partial charge in [-0.05, 0) is 5.92 Å². The zero-order valence-electron chi connectivity index (χ0n) is 6.65. The summed E-state index contributed by atoms with van der Waals surface area (Å²) in [6.45, 7) is 8.59. The van der Waals surface area contributed by atoms with Gasteiger partial charge in [0.2, 0.25) is 0 Å². The Morgan fingerprint density at radius 3 is 2.22 bits per heavy atom. The molecular weight excluding hydrogens is 112 g/mol. The van der Waals surface area contributed by atoms with Crippen molar-refractivity contribution < 1.29 is 0 Å². The number of hydrazine groups is 1. The maximum atomic E-state index is 3.59. The van der Waals surface area contributed by atoms with E-state index in [2.05, 4.69) is 38.3 Å². The summed E-state index contributed by atoms with van der Waals surface area (Å²) in [4.78, 5) is 0. The van der Waals surface area contributed by atoms with Gasteiger partial charge in [-0.25, -0.2) is 5.01 Å². The number of hydrogen-bond acceptors (Lipinski definition) is 2. The number of nitrogens with zero attached hydrogens (tertiary/aromatic N) is 1. The maximum Gasteiger partial charge on any atom is 0.0242 e. The first-order valence-corrected chi connectivity index (χ1v) is 3.48. The molecule has 0 saturated heterocycles. The second kappa shape index (κ2) is 4.77. The zero-order chi connectivity index (χ0) is 7.28. The molecule has 0 fully saturated rings. The van der Waals surface area contributed by atoms with Gasteiger partial charge in [0.1, 0.15) is 0 Å². The van der Waals surface area contributed by atoms with Crippen LogP contribution in [0.5, 0.6) is 0 Å². The SMILES string of the molecule is [CH2]NN(CC)CC(C)C. The smallest absolute Gasteiger partial charge is 0.0242 e. The molecule has 0 spiro atoms. The Morgan fingerprint density at radius 2 is 2.11 bits per heavy atom. The summed E-state index contributed by atoms with van der Waals surface area (Å²) < 4.78 is 0. The Kier molecular flexibility index (Phi) is 4.72. The Bertz CT molecular complexity index is 57.9. The van der Waals surface area contributed by atoms with Crippen molar-refractivity contribution in [2.75, 3.05) is 13.1 Å². The van der Waals surface area contributed by atoms with Crippen molar-refractivity contribution in [2.24, 2.45) is 5.92 Å². The summed E-state index contributed by atoms with van der Waals surface area (Å²) in [5.74, 6) is 0.708. The van der Waals surface area contributed by atoms with Crippen molar-refractivity contribution in [1.82, 2.24) is 10.4 Å². The normalized spacial score (nSPS) is 11.3. The van der Waals surface area contributed by atoms with E-state index in [0.717, 1.165) is 13.1 Å².